The second-order valence-corrected chi connectivity index (χ2v) is 8.05. The first kappa shape index (κ1) is 19.9. The number of halogens is 1. The van der Waals surface area contributed by atoms with Crippen molar-refractivity contribution in [1.82, 2.24) is 4.90 Å². The molecule has 27 heavy (non-hydrogen) atoms. The molecular formula is C21H25ClN2O2S. The van der Waals surface area contributed by atoms with E-state index in [0.717, 1.165) is 54.8 Å². The van der Waals surface area contributed by atoms with Gasteiger partial charge in [-0.15, -0.1) is 11.8 Å². The van der Waals surface area contributed by atoms with Crippen LogP contribution in [0.2, 0.25) is 5.02 Å². The van der Waals surface area contributed by atoms with Gasteiger partial charge in [0.2, 0.25) is 5.91 Å². The predicted octanol–water partition coefficient (Wildman–Crippen LogP) is 4.57. The summed E-state index contributed by atoms with van der Waals surface area (Å²) in [5, 5.41) is 0.752. The molecule has 1 saturated heterocycles. The highest BCUT2D eigenvalue weighted by Gasteiger charge is 2.22. The second kappa shape index (κ2) is 9.90. The molecule has 1 heterocycles. The van der Waals surface area contributed by atoms with Gasteiger partial charge in [0.05, 0.1) is 12.8 Å². The van der Waals surface area contributed by atoms with Crippen LogP contribution in [0.3, 0.4) is 0 Å². The average molecular weight is 405 g/mol. The summed E-state index contributed by atoms with van der Waals surface area (Å²) < 4.78 is 5.45. The SMILES string of the molecule is COc1ccccc1N1CCN(C(=O)CCCSc2ccc(Cl)cc2)CC1. The normalized spacial score (nSPS) is 14.3. The van der Waals surface area contributed by atoms with E-state index in [1.165, 1.54) is 4.90 Å². The number of amides is 1. The molecule has 1 amide bonds. The molecule has 0 radical (unpaired) electrons. The number of para-hydroxylation sites is 2. The molecule has 0 bridgehead atoms. The predicted molar refractivity (Wildman–Crippen MR) is 113 cm³/mol. The summed E-state index contributed by atoms with van der Waals surface area (Å²) in [5.74, 6) is 2.08. The number of hydrogen-bond donors (Lipinski definition) is 0. The van der Waals surface area contributed by atoms with Crippen LogP contribution in [0.4, 0.5) is 5.69 Å². The second-order valence-electron chi connectivity index (χ2n) is 6.45. The largest absolute Gasteiger partial charge is 0.495 e. The fourth-order valence-electron chi connectivity index (χ4n) is 3.19. The Balaban J connectivity index is 1.40. The summed E-state index contributed by atoms with van der Waals surface area (Å²) in [6.07, 6.45) is 1.49. The molecular weight excluding hydrogens is 380 g/mol. The van der Waals surface area contributed by atoms with Crippen LogP contribution in [0.5, 0.6) is 5.75 Å². The monoisotopic (exact) mass is 404 g/mol. The standard InChI is InChI=1S/C21H25ClN2O2S/c1-26-20-6-3-2-5-19(20)23-12-14-24(15-13-23)21(25)7-4-16-27-18-10-8-17(22)9-11-18/h2-3,5-6,8-11H,4,7,12-16H2,1H3. The third kappa shape index (κ3) is 5.56. The Hall–Kier alpha value is -1.85. The zero-order valence-electron chi connectivity index (χ0n) is 15.6. The van der Waals surface area contributed by atoms with Crippen molar-refractivity contribution < 1.29 is 9.53 Å². The van der Waals surface area contributed by atoms with Crippen molar-refractivity contribution in [3.8, 4) is 5.75 Å². The van der Waals surface area contributed by atoms with Crippen molar-refractivity contribution >= 4 is 35.0 Å². The van der Waals surface area contributed by atoms with Gasteiger partial charge in [-0.3, -0.25) is 4.79 Å². The highest BCUT2D eigenvalue weighted by molar-refractivity contribution is 7.99. The number of piperazine rings is 1. The zero-order valence-corrected chi connectivity index (χ0v) is 17.1. The maximum Gasteiger partial charge on any atom is 0.222 e. The molecule has 1 aliphatic rings. The van der Waals surface area contributed by atoms with Gasteiger partial charge in [-0.2, -0.15) is 0 Å². The first-order valence-corrected chi connectivity index (χ1v) is 10.6. The van der Waals surface area contributed by atoms with E-state index in [2.05, 4.69) is 11.0 Å². The van der Waals surface area contributed by atoms with E-state index in [4.69, 9.17) is 16.3 Å². The minimum atomic E-state index is 0.256. The number of benzene rings is 2. The Morgan fingerprint density at radius 1 is 1.07 bits per heavy atom. The summed E-state index contributed by atoms with van der Waals surface area (Å²) in [5.41, 5.74) is 1.10. The fourth-order valence-corrected chi connectivity index (χ4v) is 4.17. The van der Waals surface area contributed by atoms with Gasteiger partial charge >= 0.3 is 0 Å². The number of methoxy groups -OCH3 is 1. The minimum absolute atomic E-state index is 0.256. The lowest BCUT2D eigenvalue weighted by atomic mass is 10.2. The van der Waals surface area contributed by atoms with E-state index < -0.39 is 0 Å². The molecule has 0 unspecified atom stereocenters. The summed E-state index contributed by atoms with van der Waals surface area (Å²) in [6.45, 7) is 3.21. The highest BCUT2D eigenvalue weighted by atomic mass is 35.5. The van der Waals surface area contributed by atoms with Gasteiger partial charge in [-0.1, -0.05) is 23.7 Å². The molecule has 0 atom stereocenters. The first-order chi connectivity index (χ1) is 13.2. The number of hydrogen-bond acceptors (Lipinski definition) is 4. The van der Waals surface area contributed by atoms with Crippen molar-refractivity contribution in [2.45, 2.75) is 17.7 Å². The molecule has 0 aromatic heterocycles. The molecule has 0 spiro atoms. The maximum atomic E-state index is 12.5. The molecule has 1 fully saturated rings. The van der Waals surface area contributed by atoms with Gasteiger partial charge in [-0.05, 0) is 48.6 Å². The molecule has 0 saturated carbocycles. The number of carbonyl (C=O) groups is 1. The van der Waals surface area contributed by atoms with E-state index in [-0.39, 0.29) is 5.91 Å². The van der Waals surface area contributed by atoms with Crippen molar-refractivity contribution in [3.63, 3.8) is 0 Å². The van der Waals surface area contributed by atoms with Crippen LogP contribution >= 0.6 is 23.4 Å². The van der Waals surface area contributed by atoms with Crippen molar-refractivity contribution in [2.24, 2.45) is 0 Å². The third-order valence-corrected chi connectivity index (χ3v) is 6.03. The van der Waals surface area contributed by atoms with Gasteiger partial charge < -0.3 is 14.5 Å². The van der Waals surface area contributed by atoms with E-state index in [1.807, 2.05) is 47.4 Å². The molecule has 0 N–H and O–H groups in total. The Kier molecular flexibility index (Phi) is 7.30. The summed E-state index contributed by atoms with van der Waals surface area (Å²) in [4.78, 5) is 17.9. The molecule has 3 rings (SSSR count). The lowest BCUT2D eigenvalue weighted by Crippen LogP contribution is -2.48. The first-order valence-electron chi connectivity index (χ1n) is 9.21. The van der Waals surface area contributed by atoms with Crippen LogP contribution in [0.1, 0.15) is 12.8 Å². The van der Waals surface area contributed by atoms with Crippen molar-refractivity contribution in [2.75, 3.05) is 43.9 Å². The molecule has 6 heteroatoms. The minimum Gasteiger partial charge on any atom is -0.495 e. The number of nitrogens with zero attached hydrogens (tertiary/aromatic N) is 2. The van der Waals surface area contributed by atoms with E-state index in [1.54, 1.807) is 18.9 Å². The van der Waals surface area contributed by atoms with Gasteiger partial charge in [-0.25, -0.2) is 0 Å². The van der Waals surface area contributed by atoms with E-state index in [0.29, 0.717) is 6.42 Å². The topological polar surface area (TPSA) is 32.8 Å². The van der Waals surface area contributed by atoms with Crippen LogP contribution < -0.4 is 9.64 Å². The van der Waals surface area contributed by atoms with Gasteiger partial charge in [0.25, 0.3) is 0 Å². The lowest BCUT2D eigenvalue weighted by Gasteiger charge is -2.36. The molecule has 4 nitrogen and oxygen atoms in total. The van der Waals surface area contributed by atoms with Crippen LogP contribution in [0.25, 0.3) is 0 Å². The lowest BCUT2D eigenvalue weighted by molar-refractivity contribution is -0.131. The van der Waals surface area contributed by atoms with Crippen LogP contribution in [0.15, 0.2) is 53.4 Å². The number of rotatable bonds is 7. The smallest absolute Gasteiger partial charge is 0.222 e. The number of anilines is 1. The van der Waals surface area contributed by atoms with E-state index in [9.17, 15) is 4.79 Å². The fraction of sp³-hybridized carbons (Fsp3) is 0.381. The van der Waals surface area contributed by atoms with Crippen molar-refractivity contribution in [3.05, 3.63) is 53.6 Å². The highest BCUT2D eigenvalue weighted by Crippen LogP contribution is 2.28. The number of thioether (sulfide) groups is 1. The average Bonchev–Trinajstić information content (AvgIpc) is 2.72. The Morgan fingerprint density at radius 2 is 1.78 bits per heavy atom. The third-order valence-electron chi connectivity index (χ3n) is 4.68. The molecule has 144 valence electrons. The Morgan fingerprint density at radius 3 is 2.48 bits per heavy atom. The van der Waals surface area contributed by atoms with Crippen LogP contribution in [0, 0.1) is 0 Å². The number of carbonyl (C=O) groups excluding carboxylic acids is 1. The van der Waals surface area contributed by atoms with Crippen LogP contribution in [-0.2, 0) is 4.79 Å². The van der Waals surface area contributed by atoms with Crippen LogP contribution in [-0.4, -0.2) is 49.8 Å². The molecule has 2 aromatic rings. The molecule has 0 aliphatic carbocycles. The Bertz CT molecular complexity index is 746. The molecule has 1 aliphatic heterocycles. The van der Waals surface area contributed by atoms with E-state index >= 15 is 0 Å². The zero-order chi connectivity index (χ0) is 19.1. The van der Waals surface area contributed by atoms with Gasteiger partial charge in [0, 0.05) is 42.5 Å². The molecule has 2 aromatic carbocycles. The van der Waals surface area contributed by atoms with Gasteiger partial charge in [0.15, 0.2) is 0 Å². The number of ether oxygens (including phenoxy) is 1. The van der Waals surface area contributed by atoms with Crippen molar-refractivity contribution in [1.29, 1.82) is 0 Å². The summed E-state index contributed by atoms with van der Waals surface area (Å²) in [7, 11) is 1.70. The van der Waals surface area contributed by atoms with Gasteiger partial charge in [0.1, 0.15) is 5.75 Å². The maximum absolute atomic E-state index is 12.5. The quantitative estimate of drug-likeness (QED) is 0.500. The Labute approximate surface area is 170 Å². The summed E-state index contributed by atoms with van der Waals surface area (Å²) >= 11 is 7.67. The summed E-state index contributed by atoms with van der Waals surface area (Å²) in [6, 6.07) is 15.9.